The molecule has 21 heavy (non-hydrogen) atoms. The lowest BCUT2D eigenvalue weighted by molar-refractivity contribution is -0.383. The van der Waals surface area contributed by atoms with Gasteiger partial charge in [0.15, 0.2) is 4.90 Å². The van der Waals surface area contributed by atoms with E-state index in [-0.39, 0.29) is 4.90 Å². The molecule has 0 saturated heterocycles. The van der Waals surface area contributed by atoms with E-state index in [0.29, 0.717) is 15.8 Å². The molecule has 2 rings (SSSR count). The molecule has 0 spiro atoms. The van der Waals surface area contributed by atoms with Gasteiger partial charge in [-0.2, -0.15) is 0 Å². The molecule has 7 nitrogen and oxygen atoms in total. The summed E-state index contributed by atoms with van der Waals surface area (Å²) in [5.41, 5.74) is 0. The summed E-state index contributed by atoms with van der Waals surface area (Å²) in [6.07, 6.45) is 0. The van der Waals surface area contributed by atoms with Gasteiger partial charge in [0.25, 0.3) is 0 Å². The lowest BCUT2D eigenvalue weighted by atomic mass is 10.4. The minimum Gasteiger partial charge on any atom is -0.477 e. The van der Waals surface area contributed by atoms with Crippen LogP contribution in [0.1, 0.15) is 9.67 Å². The van der Waals surface area contributed by atoms with Gasteiger partial charge >= 0.3 is 11.0 Å². The zero-order chi connectivity index (χ0) is 15.8. The van der Waals surface area contributed by atoms with E-state index in [4.69, 9.17) is 5.11 Å². The molecule has 0 bridgehead atoms. The van der Waals surface area contributed by atoms with E-state index in [2.05, 4.69) is 15.9 Å². The molecule has 110 valence electrons. The Hall–Kier alpha value is -1.78. The van der Waals surface area contributed by atoms with E-state index >= 15 is 0 Å². The minimum atomic E-state index is -4.17. The molecule has 0 aliphatic rings. The molecule has 0 radical (unpaired) electrons. The fourth-order valence-electron chi connectivity index (χ4n) is 1.55. The number of carbonyl (C=O) groups is 1. The Balaban J connectivity index is 2.70. The molecule has 1 aromatic heterocycles. The molecule has 2 aromatic rings. The van der Waals surface area contributed by atoms with Crippen LogP contribution >= 0.6 is 27.3 Å². The van der Waals surface area contributed by atoms with Crippen LogP contribution in [-0.2, 0) is 9.84 Å². The van der Waals surface area contributed by atoms with Gasteiger partial charge < -0.3 is 5.11 Å². The first-order chi connectivity index (χ1) is 9.73. The monoisotopic (exact) mass is 391 g/mol. The maximum absolute atomic E-state index is 12.4. The molecule has 1 heterocycles. The van der Waals surface area contributed by atoms with E-state index < -0.39 is 35.5 Å². The van der Waals surface area contributed by atoms with Crippen LogP contribution in [0.5, 0.6) is 0 Å². The molecule has 0 amide bonds. The fourth-order valence-corrected chi connectivity index (χ4v) is 4.71. The quantitative estimate of drug-likeness (QED) is 0.632. The van der Waals surface area contributed by atoms with Gasteiger partial charge in [0.2, 0.25) is 9.84 Å². The normalized spacial score (nSPS) is 11.3. The molecular weight excluding hydrogens is 386 g/mol. The lowest BCUT2D eigenvalue weighted by Crippen LogP contribution is -2.03. The second-order valence-corrected chi connectivity index (χ2v) is 7.67. The van der Waals surface area contributed by atoms with Crippen LogP contribution < -0.4 is 0 Å². The van der Waals surface area contributed by atoms with Crippen molar-refractivity contribution in [1.82, 2.24) is 0 Å². The Morgan fingerprint density at radius 1 is 1.33 bits per heavy atom. The number of hydrogen-bond acceptors (Lipinski definition) is 6. The van der Waals surface area contributed by atoms with Crippen molar-refractivity contribution in [2.45, 2.75) is 9.79 Å². The van der Waals surface area contributed by atoms with Crippen molar-refractivity contribution in [1.29, 1.82) is 0 Å². The number of sulfone groups is 1. The topological polar surface area (TPSA) is 115 Å². The number of carboxylic acid groups (broad SMARTS) is 1. The second kappa shape index (κ2) is 5.54. The number of benzene rings is 1. The first-order valence-electron chi connectivity index (χ1n) is 5.25. The molecule has 0 fully saturated rings. The van der Waals surface area contributed by atoms with Crippen molar-refractivity contribution in [2.75, 3.05) is 0 Å². The molecule has 0 saturated carbocycles. The van der Waals surface area contributed by atoms with Crippen molar-refractivity contribution in [3.8, 4) is 0 Å². The number of hydrogen-bond donors (Lipinski definition) is 1. The van der Waals surface area contributed by atoms with Crippen LogP contribution in [0.25, 0.3) is 0 Å². The Labute approximate surface area is 131 Å². The van der Waals surface area contributed by atoms with Gasteiger partial charge in [-0.05, 0) is 24.3 Å². The number of halogens is 1. The highest BCUT2D eigenvalue weighted by Gasteiger charge is 2.32. The predicted molar refractivity (Wildman–Crippen MR) is 77.5 cm³/mol. The summed E-state index contributed by atoms with van der Waals surface area (Å²) >= 11 is 3.43. The predicted octanol–water partition coefficient (Wildman–Crippen LogP) is 2.95. The fraction of sp³-hybridized carbons (Fsp3) is 0. The average molecular weight is 392 g/mol. The van der Waals surface area contributed by atoms with E-state index in [1.54, 1.807) is 6.07 Å². The number of aromatic carboxylic acids is 1. The third kappa shape index (κ3) is 2.96. The van der Waals surface area contributed by atoms with Crippen molar-refractivity contribution in [3.05, 3.63) is 49.8 Å². The molecular formula is C11H6BrNO6S2. The summed E-state index contributed by atoms with van der Waals surface area (Å²) in [5, 5.41) is 19.1. The Bertz CT molecular complexity index is 842. The molecule has 1 aromatic carbocycles. The summed E-state index contributed by atoms with van der Waals surface area (Å²) < 4.78 is 25.4. The highest BCUT2D eigenvalue weighted by molar-refractivity contribution is 9.10. The van der Waals surface area contributed by atoms with E-state index in [0.717, 1.165) is 6.07 Å². The third-order valence-electron chi connectivity index (χ3n) is 2.45. The molecule has 0 unspecified atom stereocenters. The molecule has 1 N–H and O–H groups in total. The van der Waals surface area contributed by atoms with E-state index in [1.165, 1.54) is 18.2 Å². The average Bonchev–Trinajstić information content (AvgIpc) is 2.84. The van der Waals surface area contributed by atoms with Crippen molar-refractivity contribution >= 4 is 48.1 Å². The highest BCUT2D eigenvalue weighted by atomic mass is 79.9. The molecule has 0 atom stereocenters. The van der Waals surface area contributed by atoms with Crippen LogP contribution in [0.2, 0.25) is 0 Å². The minimum absolute atomic E-state index is 0.158. The summed E-state index contributed by atoms with van der Waals surface area (Å²) in [6.45, 7) is 0. The number of rotatable bonds is 4. The van der Waals surface area contributed by atoms with Crippen molar-refractivity contribution in [2.24, 2.45) is 0 Å². The first kappa shape index (κ1) is 15.6. The van der Waals surface area contributed by atoms with Gasteiger partial charge in [-0.25, -0.2) is 13.2 Å². The molecule has 0 aliphatic carbocycles. The second-order valence-electron chi connectivity index (χ2n) is 3.80. The van der Waals surface area contributed by atoms with Crippen LogP contribution in [0, 0.1) is 10.1 Å². The number of nitrogens with zero attached hydrogens (tertiary/aromatic N) is 1. The Morgan fingerprint density at radius 2 is 2.00 bits per heavy atom. The van der Waals surface area contributed by atoms with Gasteiger partial charge in [-0.3, -0.25) is 10.1 Å². The summed E-state index contributed by atoms with van der Waals surface area (Å²) in [4.78, 5) is 19.8. The number of thiophene rings is 1. The van der Waals surface area contributed by atoms with Gasteiger partial charge in [0.1, 0.15) is 4.88 Å². The Morgan fingerprint density at radius 3 is 2.52 bits per heavy atom. The standard InChI is InChI=1S/C11H6BrNO6S2/c12-6-2-1-3-7(4-6)21(18,19)9-5-8(11(14)15)20-10(9)13(16)17/h1-5H,(H,14,15). The van der Waals surface area contributed by atoms with Crippen molar-refractivity contribution < 1.29 is 23.2 Å². The maximum Gasteiger partial charge on any atom is 0.346 e. The summed E-state index contributed by atoms with van der Waals surface area (Å²) in [5.74, 6) is -1.42. The smallest absolute Gasteiger partial charge is 0.346 e. The van der Waals surface area contributed by atoms with Crippen molar-refractivity contribution in [3.63, 3.8) is 0 Å². The largest absolute Gasteiger partial charge is 0.477 e. The summed E-state index contributed by atoms with van der Waals surface area (Å²) in [6, 6.07) is 6.44. The van der Waals surface area contributed by atoms with Gasteiger partial charge in [0, 0.05) is 4.47 Å². The molecule has 0 aliphatic heterocycles. The van der Waals surface area contributed by atoms with Crippen LogP contribution in [-0.4, -0.2) is 24.4 Å². The number of carboxylic acids is 1. The zero-order valence-corrected chi connectivity index (χ0v) is 13.2. The van der Waals surface area contributed by atoms with Crippen LogP contribution in [0.3, 0.4) is 0 Å². The first-order valence-corrected chi connectivity index (χ1v) is 8.35. The van der Waals surface area contributed by atoms with E-state index in [1.807, 2.05) is 0 Å². The zero-order valence-electron chi connectivity index (χ0n) is 10.0. The van der Waals surface area contributed by atoms with Gasteiger partial charge in [-0.15, -0.1) is 0 Å². The van der Waals surface area contributed by atoms with Gasteiger partial charge in [-0.1, -0.05) is 33.3 Å². The van der Waals surface area contributed by atoms with Gasteiger partial charge in [0.05, 0.1) is 9.82 Å². The molecule has 10 heteroatoms. The van der Waals surface area contributed by atoms with E-state index in [9.17, 15) is 23.3 Å². The SMILES string of the molecule is O=C(O)c1cc(S(=O)(=O)c2cccc(Br)c2)c([N+](=O)[O-])s1. The maximum atomic E-state index is 12.4. The van der Waals surface area contributed by atoms with Crippen LogP contribution in [0.4, 0.5) is 5.00 Å². The summed E-state index contributed by atoms with van der Waals surface area (Å²) in [7, 11) is -4.17. The lowest BCUT2D eigenvalue weighted by Gasteiger charge is -2.02. The highest BCUT2D eigenvalue weighted by Crippen LogP contribution is 2.37. The third-order valence-corrected chi connectivity index (χ3v) is 5.91. The Kier molecular flexibility index (Phi) is 4.12. The van der Waals surface area contributed by atoms with Crippen LogP contribution in [0.15, 0.2) is 44.6 Å². The number of nitro groups is 1.